The van der Waals surface area contributed by atoms with E-state index in [1.807, 2.05) is 0 Å². The minimum Gasteiger partial charge on any atom is -0.327 e. The van der Waals surface area contributed by atoms with Crippen LogP contribution < -0.4 is 5.73 Å². The quantitative estimate of drug-likeness (QED) is 0.256. The third-order valence-electron chi connectivity index (χ3n) is 18.4. The molecule has 0 spiro atoms. The van der Waals surface area contributed by atoms with Crippen LogP contribution in [0.25, 0.3) is 0 Å². The van der Waals surface area contributed by atoms with Gasteiger partial charge >= 0.3 is 0 Å². The molecule has 9 aliphatic rings. The van der Waals surface area contributed by atoms with Gasteiger partial charge in [-0.3, -0.25) is 0 Å². The van der Waals surface area contributed by atoms with Crippen molar-refractivity contribution in [3.63, 3.8) is 0 Å². The number of rotatable bonds is 8. The second kappa shape index (κ2) is 15.4. The molecule has 0 amide bonds. The van der Waals surface area contributed by atoms with Gasteiger partial charge in [-0.1, -0.05) is 93.9 Å². The van der Waals surface area contributed by atoms with E-state index >= 15 is 0 Å². The van der Waals surface area contributed by atoms with Gasteiger partial charge in [-0.15, -0.1) is 0 Å². The van der Waals surface area contributed by atoms with Crippen LogP contribution in [0.2, 0.25) is 0 Å². The fourth-order valence-electron chi connectivity index (χ4n) is 16.1. The molecule has 2 N–H and O–H groups in total. The van der Waals surface area contributed by atoms with Crippen molar-refractivity contribution in [3.8, 4) is 0 Å². The molecule has 0 saturated heterocycles. The maximum absolute atomic E-state index is 7.00. The minimum absolute atomic E-state index is 0.440. The SMILES string of the molecule is NC(CC(/C=C/C1CCC(C2CCCC(C3=C4CCCCC4C4C3CCC3C5CCCCC5C34)C2)CC1)C1CCCCC1)C1CCCCC1. The Bertz CT molecular complexity index is 1140. The van der Waals surface area contributed by atoms with Crippen LogP contribution in [0.5, 0.6) is 0 Å². The molecule has 1 heteroatoms. The molecule has 11 unspecified atom stereocenters. The van der Waals surface area contributed by atoms with Gasteiger partial charge in [-0.25, -0.2) is 0 Å². The average Bonchev–Trinajstić information content (AvgIpc) is 3.49. The van der Waals surface area contributed by atoms with E-state index in [1.165, 1.54) is 122 Å². The normalized spacial score (nSPS) is 44.8. The highest BCUT2D eigenvalue weighted by atomic mass is 14.7. The molecule has 8 fully saturated rings. The van der Waals surface area contributed by atoms with Gasteiger partial charge in [0.2, 0.25) is 0 Å². The average molecular weight is 668 g/mol. The third kappa shape index (κ3) is 6.87. The molecule has 0 bridgehead atoms. The Morgan fingerprint density at radius 1 is 0.531 bits per heavy atom. The maximum atomic E-state index is 7.00. The zero-order valence-electron chi connectivity index (χ0n) is 31.9. The fraction of sp³-hybridized carbons (Fsp3) is 0.917. The first-order valence-corrected chi connectivity index (χ1v) is 23.4. The summed E-state index contributed by atoms with van der Waals surface area (Å²) in [5, 5.41) is 0. The Morgan fingerprint density at radius 2 is 1.22 bits per heavy atom. The van der Waals surface area contributed by atoms with E-state index in [2.05, 4.69) is 23.3 Å². The summed E-state index contributed by atoms with van der Waals surface area (Å²) in [4.78, 5) is 0. The molecule has 49 heavy (non-hydrogen) atoms. The van der Waals surface area contributed by atoms with Gasteiger partial charge in [0, 0.05) is 6.04 Å². The highest BCUT2D eigenvalue weighted by Gasteiger charge is 2.61. The Hall–Kier alpha value is -0.560. The van der Waals surface area contributed by atoms with Crippen LogP contribution in [0, 0.1) is 82.9 Å². The van der Waals surface area contributed by atoms with Crippen LogP contribution >= 0.6 is 0 Å². The van der Waals surface area contributed by atoms with Crippen LogP contribution in [0.15, 0.2) is 23.3 Å². The molecular formula is C48H77N. The van der Waals surface area contributed by atoms with Crippen molar-refractivity contribution in [2.45, 2.75) is 192 Å². The van der Waals surface area contributed by atoms with Gasteiger partial charge < -0.3 is 5.73 Å². The van der Waals surface area contributed by atoms with E-state index in [1.54, 1.807) is 64.2 Å². The summed E-state index contributed by atoms with van der Waals surface area (Å²) >= 11 is 0. The van der Waals surface area contributed by atoms with E-state index in [0.717, 1.165) is 82.9 Å². The summed E-state index contributed by atoms with van der Waals surface area (Å²) in [6.07, 6.45) is 49.1. The largest absolute Gasteiger partial charge is 0.327 e. The van der Waals surface area contributed by atoms with E-state index < -0.39 is 0 Å². The molecule has 0 heterocycles. The highest BCUT2D eigenvalue weighted by Crippen LogP contribution is 2.69. The molecule has 0 aromatic carbocycles. The van der Waals surface area contributed by atoms with Crippen LogP contribution in [0.3, 0.4) is 0 Å². The lowest BCUT2D eigenvalue weighted by molar-refractivity contribution is -0.132. The monoisotopic (exact) mass is 668 g/mol. The molecule has 9 aliphatic carbocycles. The number of nitrogens with two attached hydrogens (primary N) is 1. The van der Waals surface area contributed by atoms with Gasteiger partial charge in [0.1, 0.15) is 0 Å². The van der Waals surface area contributed by atoms with E-state index in [0.29, 0.717) is 6.04 Å². The topological polar surface area (TPSA) is 26.0 Å². The summed E-state index contributed by atoms with van der Waals surface area (Å²) in [5.41, 5.74) is 11.3. The Labute approximate surface area is 303 Å². The zero-order chi connectivity index (χ0) is 32.7. The summed E-state index contributed by atoms with van der Waals surface area (Å²) in [6.45, 7) is 0. The van der Waals surface area contributed by atoms with Crippen LogP contribution in [0.4, 0.5) is 0 Å². The summed E-state index contributed by atoms with van der Waals surface area (Å²) in [7, 11) is 0. The molecule has 1 nitrogen and oxygen atoms in total. The van der Waals surface area contributed by atoms with Crippen molar-refractivity contribution in [2.75, 3.05) is 0 Å². The second-order valence-corrected chi connectivity index (χ2v) is 20.5. The molecule has 0 aromatic heterocycles. The third-order valence-corrected chi connectivity index (χ3v) is 18.4. The lowest BCUT2D eigenvalue weighted by Gasteiger charge is -2.62. The van der Waals surface area contributed by atoms with Gasteiger partial charge in [-0.2, -0.15) is 0 Å². The lowest BCUT2D eigenvalue weighted by Crippen LogP contribution is -2.56. The van der Waals surface area contributed by atoms with Crippen molar-refractivity contribution in [1.82, 2.24) is 0 Å². The van der Waals surface area contributed by atoms with Gasteiger partial charge in [0.15, 0.2) is 0 Å². The zero-order valence-corrected chi connectivity index (χ0v) is 31.9. The van der Waals surface area contributed by atoms with Gasteiger partial charge in [-0.05, 0) is 198 Å². The highest BCUT2D eigenvalue weighted by molar-refractivity contribution is 5.34. The number of allylic oxidation sites excluding steroid dienone is 4. The van der Waals surface area contributed by atoms with Crippen molar-refractivity contribution in [2.24, 2.45) is 88.6 Å². The summed E-state index contributed by atoms with van der Waals surface area (Å²) in [5.74, 6) is 14.1. The van der Waals surface area contributed by atoms with Crippen molar-refractivity contribution < 1.29 is 0 Å². The van der Waals surface area contributed by atoms with Crippen molar-refractivity contribution in [3.05, 3.63) is 23.3 Å². The van der Waals surface area contributed by atoms with Crippen LogP contribution in [-0.2, 0) is 0 Å². The molecule has 0 aliphatic heterocycles. The molecule has 9 rings (SSSR count). The summed E-state index contributed by atoms with van der Waals surface area (Å²) in [6, 6.07) is 0.440. The second-order valence-electron chi connectivity index (χ2n) is 20.5. The molecule has 0 aromatic rings. The van der Waals surface area contributed by atoms with Gasteiger partial charge in [0.05, 0.1) is 0 Å². The first-order chi connectivity index (χ1) is 24.2. The number of hydrogen-bond donors (Lipinski definition) is 1. The molecule has 0 radical (unpaired) electrons. The molecular weight excluding hydrogens is 591 g/mol. The van der Waals surface area contributed by atoms with Crippen molar-refractivity contribution >= 4 is 0 Å². The summed E-state index contributed by atoms with van der Waals surface area (Å²) < 4.78 is 0. The number of hydrogen-bond acceptors (Lipinski definition) is 1. The fourth-order valence-corrected chi connectivity index (χ4v) is 16.1. The minimum atomic E-state index is 0.440. The van der Waals surface area contributed by atoms with E-state index in [9.17, 15) is 0 Å². The molecule has 274 valence electrons. The predicted octanol–water partition coefficient (Wildman–Crippen LogP) is 13.2. The van der Waals surface area contributed by atoms with Gasteiger partial charge in [0.25, 0.3) is 0 Å². The predicted molar refractivity (Wildman–Crippen MR) is 207 cm³/mol. The Morgan fingerprint density at radius 3 is 2.02 bits per heavy atom. The standard InChI is InChI=1S/C48H77N/c49-45(35-14-5-2-6-15-35)31-37(33-12-3-1-4-13-33)27-24-32-22-25-34(26-23-32)36-16-11-17-38(30-36)46-41-20-9-10-21-42(41)48-44(46)29-28-43-39-18-7-8-19-40(39)47(43)48/h24,27,32-40,42-45,47-48H,1-23,25-26,28-31,49H2/b27-24+. The molecule has 11 atom stereocenters. The first kappa shape index (κ1) is 34.2. The first-order valence-electron chi connectivity index (χ1n) is 23.4. The smallest absolute Gasteiger partial charge is 0.00728 e. The maximum Gasteiger partial charge on any atom is 0.00728 e. The van der Waals surface area contributed by atoms with Crippen molar-refractivity contribution in [1.29, 1.82) is 0 Å². The van der Waals surface area contributed by atoms with Crippen LogP contribution in [-0.4, -0.2) is 6.04 Å². The van der Waals surface area contributed by atoms with E-state index in [-0.39, 0.29) is 0 Å². The Kier molecular flexibility index (Phi) is 10.8. The van der Waals surface area contributed by atoms with E-state index in [4.69, 9.17) is 5.73 Å². The Balaban J connectivity index is 0.827. The van der Waals surface area contributed by atoms with Crippen LogP contribution in [0.1, 0.15) is 186 Å². The number of fused-ring (bicyclic) bond motifs is 8. The lowest BCUT2D eigenvalue weighted by atomic mass is 9.42. The molecule has 8 saturated carbocycles.